The molecule has 0 N–H and O–H groups in total. The molecule has 0 radical (unpaired) electrons. The molecule has 28 heavy (non-hydrogen) atoms. The van der Waals surface area contributed by atoms with Crippen LogP contribution in [0.2, 0.25) is 5.02 Å². The van der Waals surface area contributed by atoms with E-state index in [1.54, 1.807) is 0 Å². The molecule has 0 aliphatic rings. The fourth-order valence-corrected chi connectivity index (χ4v) is 3.82. The lowest BCUT2D eigenvalue weighted by Gasteiger charge is -2.21. The Bertz CT molecular complexity index is 941. The fraction of sp³-hybridized carbons (Fsp3) is 0.286. The average molecular weight is 415 g/mol. The Labute approximate surface area is 174 Å². The average Bonchev–Trinajstić information content (AvgIpc) is 3.11. The first-order valence-electron chi connectivity index (χ1n) is 9.02. The Morgan fingerprint density at radius 3 is 2.29 bits per heavy atom. The van der Waals surface area contributed by atoms with Crippen molar-refractivity contribution in [3.8, 4) is 5.69 Å². The molecule has 0 aliphatic heterocycles. The van der Waals surface area contributed by atoms with Crippen LogP contribution in [0.3, 0.4) is 0 Å². The Morgan fingerprint density at radius 1 is 1.04 bits per heavy atom. The van der Waals surface area contributed by atoms with E-state index in [0.717, 1.165) is 11.5 Å². The van der Waals surface area contributed by atoms with Crippen molar-refractivity contribution < 1.29 is 4.79 Å². The number of benzene rings is 2. The minimum Gasteiger partial charge on any atom is -0.300 e. The lowest BCUT2D eigenvalue weighted by atomic mass is 10.1. The van der Waals surface area contributed by atoms with E-state index in [4.69, 9.17) is 11.6 Å². The molecule has 0 unspecified atom stereocenters. The molecule has 3 rings (SSSR count). The van der Waals surface area contributed by atoms with Gasteiger partial charge >= 0.3 is 0 Å². The van der Waals surface area contributed by atoms with Crippen LogP contribution < -0.4 is 0 Å². The maximum atomic E-state index is 12.8. The Morgan fingerprint density at radius 2 is 1.68 bits per heavy atom. The lowest BCUT2D eigenvalue weighted by molar-refractivity contribution is 0.0994. The second kappa shape index (κ2) is 8.90. The van der Waals surface area contributed by atoms with Crippen LogP contribution in [-0.4, -0.2) is 44.8 Å². The zero-order valence-electron chi connectivity index (χ0n) is 16.3. The van der Waals surface area contributed by atoms with Crippen LogP contribution in [0.4, 0.5) is 0 Å². The van der Waals surface area contributed by atoms with Gasteiger partial charge in [-0.3, -0.25) is 14.3 Å². The van der Waals surface area contributed by atoms with Crippen molar-refractivity contribution in [3.63, 3.8) is 0 Å². The Hall–Kier alpha value is -2.15. The van der Waals surface area contributed by atoms with Crippen molar-refractivity contribution in [1.82, 2.24) is 19.7 Å². The Balaban J connectivity index is 1.96. The van der Waals surface area contributed by atoms with Crippen molar-refractivity contribution in [1.29, 1.82) is 0 Å². The molecule has 0 fully saturated rings. The monoisotopic (exact) mass is 414 g/mol. The largest absolute Gasteiger partial charge is 0.300 e. The van der Waals surface area contributed by atoms with Gasteiger partial charge in [0.25, 0.3) is 0 Å². The number of halogens is 1. The summed E-state index contributed by atoms with van der Waals surface area (Å²) in [6.45, 7) is 3.97. The number of hydrogen-bond donors (Lipinski definition) is 0. The van der Waals surface area contributed by atoms with Gasteiger partial charge in [0.15, 0.2) is 16.8 Å². The van der Waals surface area contributed by atoms with Crippen LogP contribution in [0.5, 0.6) is 0 Å². The normalized spacial score (nSPS) is 13.5. The number of rotatable bonds is 7. The summed E-state index contributed by atoms with van der Waals surface area (Å²) in [5.41, 5.74) is 1.61. The number of nitrogens with zero attached hydrogens (tertiary/aromatic N) is 4. The third-order valence-corrected chi connectivity index (χ3v) is 5.90. The molecule has 2 aromatic carbocycles. The van der Waals surface area contributed by atoms with Crippen LogP contribution in [0.15, 0.2) is 59.8 Å². The van der Waals surface area contributed by atoms with E-state index < -0.39 is 0 Å². The second-order valence-corrected chi connectivity index (χ2v) is 8.53. The van der Waals surface area contributed by atoms with Gasteiger partial charge < -0.3 is 0 Å². The quantitative estimate of drug-likeness (QED) is 0.406. The van der Waals surface area contributed by atoms with Crippen LogP contribution >= 0.6 is 23.4 Å². The molecule has 3 aromatic rings. The summed E-state index contributed by atoms with van der Waals surface area (Å²) in [4.78, 5) is 14.9. The molecule has 0 saturated heterocycles. The molecule has 1 aromatic heterocycles. The molecule has 0 bridgehead atoms. The SMILES string of the molecule is C[C@H](Sc1nnc([C@@H](C)N(C)C)n1-c1ccc(Cl)cc1)C(=O)c1ccccc1. The van der Waals surface area contributed by atoms with E-state index >= 15 is 0 Å². The number of ketones is 1. The maximum absolute atomic E-state index is 12.8. The summed E-state index contributed by atoms with van der Waals surface area (Å²) < 4.78 is 2.00. The number of carbonyl (C=O) groups excluding carboxylic acids is 1. The van der Waals surface area contributed by atoms with Gasteiger partial charge in [0.2, 0.25) is 0 Å². The molecule has 0 amide bonds. The summed E-state index contributed by atoms with van der Waals surface area (Å²) in [6, 6.07) is 16.9. The standard InChI is InChI=1S/C21H23ClN4OS/c1-14(25(3)4)20-23-24-21(26(20)18-12-10-17(22)11-13-18)28-15(2)19(27)16-8-6-5-7-9-16/h5-15H,1-4H3/t14-,15+/m1/s1. The van der Waals surface area contributed by atoms with E-state index in [0.29, 0.717) is 15.7 Å². The summed E-state index contributed by atoms with van der Waals surface area (Å²) in [5, 5.41) is 9.89. The van der Waals surface area contributed by atoms with Crippen LogP contribution in [0.25, 0.3) is 5.69 Å². The molecule has 146 valence electrons. The highest BCUT2D eigenvalue weighted by Crippen LogP contribution is 2.30. The number of Topliss-reactive ketones (excluding diaryl/α,β-unsaturated/α-hetero) is 1. The van der Waals surface area contributed by atoms with E-state index in [2.05, 4.69) is 22.0 Å². The van der Waals surface area contributed by atoms with Gasteiger partial charge in [-0.2, -0.15) is 0 Å². The minimum absolute atomic E-state index is 0.0534. The van der Waals surface area contributed by atoms with Gasteiger partial charge in [0, 0.05) is 16.3 Å². The molecule has 7 heteroatoms. The van der Waals surface area contributed by atoms with E-state index in [1.165, 1.54) is 11.8 Å². The smallest absolute Gasteiger partial charge is 0.196 e. The van der Waals surface area contributed by atoms with Gasteiger partial charge in [-0.25, -0.2) is 0 Å². The molecular formula is C21H23ClN4OS. The molecule has 0 aliphatic carbocycles. The van der Waals surface area contributed by atoms with Gasteiger partial charge in [-0.15, -0.1) is 10.2 Å². The van der Waals surface area contributed by atoms with Crippen LogP contribution in [-0.2, 0) is 0 Å². The van der Waals surface area contributed by atoms with Gasteiger partial charge in [0.05, 0.1) is 11.3 Å². The first kappa shape index (κ1) is 20.6. The third-order valence-electron chi connectivity index (χ3n) is 4.60. The number of aromatic nitrogens is 3. The second-order valence-electron chi connectivity index (χ2n) is 6.78. The van der Waals surface area contributed by atoms with Crippen molar-refractivity contribution in [2.75, 3.05) is 14.1 Å². The predicted octanol–water partition coefficient (Wildman–Crippen LogP) is 4.91. The topological polar surface area (TPSA) is 51.0 Å². The number of hydrogen-bond acceptors (Lipinski definition) is 5. The summed E-state index contributed by atoms with van der Waals surface area (Å²) in [7, 11) is 4.00. The van der Waals surface area contributed by atoms with Crippen LogP contribution in [0.1, 0.15) is 36.1 Å². The van der Waals surface area contributed by atoms with E-state index in [9.17, 15) is 4.79 Å². The van der Waals surface area contributed by atoms with E-state index in [1.807, 2.05) is 80.2 Å². The molecule has 0 spiro atoms. The van der Waals surface area contributed by atoms with Crippen molar-refractivity contribution in [2.45, 2.75) is 30.3 Å². The van der Waals surface area contributed by atoms with E-state index in [-0.39, 0.29) is 17.1 Å². The number of carbonyl (C=O) groups is 1. The fourth-order valence-electron chi connectivity index (χ4n) is 2.74. The first-order valence-corrected chi connectivity index (χ1v) is 10.3. The molecular weight excluding hydrogens is 392 g/mol. The highest BCUT2D eigenvalue weighted by Gasteiger charge is 2.24. The van der Waals surface area contributed by atoms with Gasteiger partial charge in [-0.05, 0) is 52.2 Å². The van der Waals surface area contributed by atoms with Crippen molar-refractivity contribution in [3.05, 3.63) is 71.0 Å². The lowest BCUT2D eigenvalue weighted by Crippen LogP contribution is -2.21. The summed E-state index contributed by atoms with van der Waals surface area (Å²) in [5.74, 6) is 0.882. The highest BCUT2D eigenvalue weighted by atomic mass is 35.5. The van der Waals surface area contributed by atoms with Gasteiger partial charge in [-0.1, -0.05) is 53.7 Å². The summed E-state index contributed by atoms with van der Waals surface area (Å²) >= 11 is 7.47. The maximum Gasteiger partial charge on any atom is 0.196 e. The van der Waals surface area contributed by atoms with Crippen LogP contribution in [0, 0.1) is 0 Å². The van der Waals surface area contributed by atoms with Crippen molar-refractivity contribution >= 4 is 29.1 Å². The third kappa shape index (κ3) is 4.46. The Kier molecular flexibility index (Phi) is 6.54. The molecule has 0 saturated carbocycles. The zero-order chi connectivity index (χ0) is 20.3. The van der Waals surface area contributed by atoms with Gasteiger partial charge in [0.1, 0.15) is 0 Å². The first-order chi connectivity index (χ1) is 13.4. The predicted molar refractivity (Wildman–Crippen MR) is 115 cm³/mol. The minimum atomic E-state index is -0.292. The molecule has 1 heterocycles. The molecule has 2 atom stereocenters. The highest BCUT2D eigenvalue weighted by molar-refractivity contribution is 8.00. The summed E-state index contributed by atoms with van der Waals surface area (Å²) in [6.07, 6.45) is 0. The molecule has 5 nitrogen and oxygen atoms in total. The van der Waals surface area contributed by atoms with Crippen molar-refractivity contribution in [2.24, 2.45) is 0 Å². The number of thioether (sulfide) groups is 1. The zero-order valence-corrected chi connectivity index (χ0v) is 17.9.